The van der Waals surface area contributed by atoms with Gasteiger partial charge in [0.2, 0.25) is 17.6 Å². The number of carbonyl (C=O) groups excluding carboxylic acids is 4. The number of nitrogens with zero attached hydrogens (tertiary/aromatic N) is 2. The minimum atomic E-state index is -2.68. The van der Waals surface area contributed by atoms with Crippen LogP contribution in [0, 0.1) is 53.8 Å². The minimum absolute atomic E-state index is 0.0295. The Kier molecular flexibility index (Phi) is 7.29. The number of allylic oxidation sites excluding steroid dienone is 2. The van der Waals surface area contributed by atoms with E-state index in [0.29, 0.717) is 10.6 Å². The number of benzene rings is 3. The quantitative estimate of drug-likeness (QED) is 0.0800. The molecule has 1 N–H and O–H groups in total. The lowest BCUT2D eigenvalue weighted by Crippen LogP contribution is -2.60. The van der Waals surface area contributed by atoms with Crippen LogP contribution in [0.4, 0.5) is 33.3 Å². The summed E-state index contributed by atoms with van der Waals surface area (Å²) < 4.78 is 72.9. The molecular formula is C33H20Cl3F5N2O5. The van der Waals surface area contributed by atoms with Gasteiger partial charge in [0.05, 0.1) is 17.5 Å². The van der Waals surface area contributed by atoms with Crippen LogP contribution in [0.2, 0.25) is 5.02 Å². The van der Waals surface area contributed by atoms with Crippen molar-refractivity contribution in [3.8, 4) is 5.75 Å². The van der Waals surface area contributed by atoms with Gasteiger partial charge < -0.3 is 5.11 Å². The highest BCUT2D eigenvalue weighted by molar-refractivity contribution is 6.58. The van der Waals surface area contributed by atoms with E-state index in [-0.39, 0.29) is 33.9 Å². The van der Waals surface area contributed by atoms with Crippen molar-refractivity contribution < 1.29 is 46.2 Å². The summed E-state index contributed by atoms with van der Waals surface area (Å²) in [5.41, 5.74) is -0.640. The van der Waals surface area contributed by atoms with Gasteiger partial charge in [-0.25, -0.2) is 31.8 Å². The number of aromatic hydroxyl groups is 1. The first-order valence-corrected chi connectivity index (χ1v) is 15.6. The molecule has 6 unspecified atom stereocenters. The number of amides is 4. The average Bonchev–Trinajstić information content (AvgIpc) is 3.38. The number of hydrogen-bond acceptors (Lipinski definition) is 5. The van der Waals surface area contributed by atoms with E-state index in [4.69, 9.17) is 34.8 Å². The van der Waals surface area contributed by atoms with Crippen molar-refractivity contribution in [2.24, 2.45) is 17.8 Å². The molecule has 2 aliphatic heterocycles. The van der Waals surface area contributed by atoms with Gasteiger partial charge in [0, 0.05) is 10.9 Å². The molecule has 0 radical (unpaired) electrons. The Morgan fingerprint density at radius 2 is 1.46 bits per heavy atom. The SMILES string of the molecule is Cc1ccc(N2C(=O)C3CC=C4C(CC5(Cl)C(=O)N(c6c(F)c(F)c(F)c(F)c6F)C(=O)C5(Cl)C4c4cccc(O)c4)C3C2=O)cc1Cl. The molecule has 48 heavy (non-hydrogen) atoms. The second kappa shape index (κ2) is 10.8. The lowest BCUT2D eigenvalue weighted by atomic mass is 9.56. The maximum absolute atomic E-state index is 15.1. The average molecular weight is 726 g/mol. The second-order valence-electron chi connectivity index (χ2n) is 12.2. The number of halogens is 8. The summed E-state index contributed by atoms with van der Waals surface area (Å²) in [4.78, 5) is 51.7. The Hall–Kier alpha value is -4.00. The molecule has 4 aliphatic rings. The maximum atomic E-state index is 15.1. The number of fused-ring (bicyclic) bond motifs is 4. The number of hydrogen-bond donors (Lipinski definition) is 1. The molecule has 2 aliphatic carbocycles. The molecule has 7 rings (SSSR count). The molecule has 0 spiro atoms. The van der Waals surface area contributed by atoms with E-state index in [2.05, 4.69) is 0 Å². The van der Waals surface area contributed by atoms with E-state index >= 15 is 8.78 Å². The summed E-state index contributed by atoms with van der Waals surface area (Å²) in [6, 6.07) is 9.89. The summed E-state index contributed by atoms with van der Waals surface area (Å²) >= 11 is 20.4. The van der Waals surface area contributed by atoms with Crippen molar-refractivity contribution in [2.45, 2.75) is 35.4 Å². The number of phenolic OH excluding ortho intramolecular Hbond substituents is 1. The van der Waals surface area contributed by atoms with Crippen LogP contribution in [0.5, 0.6) is 5.75 Å². The highest BCUT2D eigenvalue weighted by Gasteiger charge is 2.77. The summed E-state index contributed by atoms with van der Waals surface area (Å²) in [5, 5.41) is 10.7. The largest absolute Gasteiger partial charge is 0.508 e. The fourth-order valence-corrected chi connectivity index (χ4v) is 8.73. The maximum Gasteiger partial charge on any atom is 0.258 e. The molecule has 2 saturated heterocycles. The fraction of sp³-hybridized carbons (Fsp3) is 0.273. The van der Waals surface area contributed by atoms with E-state index in [1.165, 1.54) is 36.4 Å². The van der Waals surface area contributed by atoms with Crippen LogP contribution >= 0.6 is 34.8 Å². The predicted molar refractivity (Wildman–Crippen MR) is 163 cm³/mol. The molecule has 6 atom stereocenters. The summed E-state index contributed by atoms with van der Waals surface area (Å²) in [6.07, 6.45) is 0.896. The number of anilines is 2. The van der Waals surface area contributed by atoms with Gasteiger partial charge in [-0.3, -0.25) is 19.2 Å². The third kappa shape index (κ3) is 4.05. The number of phenols is 1. The lowest BCUT2D eigenvalue weighted by molar-refractivity contribution is -0.125. The van der Waals surface area contributed by atoms with Crippen LogP contribution in [0.15, 0.2) is 54.1 Å². The molecule has 2 heterocycles. The second-order valence-corrected chi connectivity index (χ2v) is 13.9. The molecule has 7 nitrogen and oxygen atoms in total. The van der Waals surface area contributed by atoms with Crippen LogP contribution in [-0.2, 0) is 19.2 Å². The zero-order valence-electron chi connectivity index (χ0n) is 24.3. The standard InChI is InChI=1S/C33H20Cl3F5N2O5/c1-12-5-6-14(10-19(12)34)42-28(45)17-8-7-16-18(20(17)29(42)46)11-32(35)30(47)43(27-25(40)23(38)22(37)24(39)26(27)41)31(48)33(32,36)21(16)13-3-2-4-15(44)9-13/h2-7,9-10,17-18,20-21,44H,8,11H2,1H3. The number of alkyl halides is 2. The van der Waals surface area contributed by atoms with Crippen LogP contribution in [0.1, 0.15) is 29.9 Å². The molecule has 3 aromatic carbocycles. The van der Waals surface area contributed by atoms with Crippen LogP contribution < -0.4 is 9.80 Å². The van der Waals surface area contributed by atoms with E-state index < -0.39 is 98.2 Å². The van der Waals surface area contributed by atoms with Gasteiger partial charge in [0.1, 0.15) is 11.4 Å². The van der Waals surface area contributed by atoms with Gasteiger partial charge in [-0.15, -0.1) is 23.2 Å². The summed E-state index contributed by atoms with van der Waals surface area (Å²) in [6.45, 7) is 1.73. The Balaban J connectivity index is 1.42. The highest BCUT2D eigenvalue weighted by Crippen LogP contribution is 2.66. The lowest BCUT2D eigenvalue weighted by Gasteiger charge is -2.50. The van der Waals surface area contributed by atoms with E-state index in [1.54, 1.807) is 19.1 Å². The molecule has 3 fully saturated rings. The molecular weight excluding hydrogens is 706 g/mol. The van der Waals surface area contributed by atoms with Crippen molar-refractivity contribution >= 4 is 69.8 Å². The van der Waals surface area contributed by atoms with Gasteiger partial charge in [-0.1, -0.05) is 41.4 Å². The van der Waals surface area contributed by atoms with Gasteiger partial charge >= 0.3 is 0 Å². The molecule has 0 aromatic heterocycles. The Bertz CT molecular complexity index is 2030. The molecule has 248 valence electrons. The van der Waals surface area contributed by atoms with Crippen LogP contribution in [-0.4, -0.2) is 38.5 Å². The number of aryl methyl sites for hydroxylation is 1. The number of imide groups is 2. The van der Waals surface area contributed by atoms with Crippen LogP contribution in [0.25, 0.3) is 0 Å². The monoisotopic (exact) mass is 724 g/mol. The first kappa shape index (κ1) is 32.5. The van der Waals surface area contributed by atoms with E-state index in [0.717, 1.165) is 4.90 Å². The van der Waals surface area contributed by atoms with Crippen molar-refractivity contribution in [3.05, 3.63) is 99.3 Å². The highest BCUT2D eigenvalue weighted by atomic mass is 35.5. The van der Waals surface area contributed by atoms with Gasteiger partial charge in [-0.05, 0) is 61.1 Å². The molecule has 1 saturated carbocycles. The zero-order valence-corrected chi connectivity index (χ0v) is 26.6. The predicted octanol–water partition coefficient (Wildman–Crippen LogP) is 6.82. The number of rotatable bonds is 3. The van der Waals surface area contributed by atoms with Crippen molar-refractivity contribution in [2.75, 3.05) is 9.80 Å². The fourth-order valence-electron chi connectivity index (χ4n) is 7.62. The topological polar surface area (TPSA) is 95.0 Å². The van der Waals surface area contributed by atoms with Gasteiger partial charge in [-0.2, -0.15) is 0 Å². The van der Waals surface area contributed by atoms with E-state index in [9.17, 15) is 37.5 Å². The third-order valence-corrected chi connectivity index (χ3v) is 11.7. The molecule has 4 amide bonds. The first-order chi connectivity index (χ1) is 22.6. The minimum Gasteiger partial charge on any atom is -0.508 e. The van der Waals surface area contributed by atoms with Crippen molar-refractivity contribution in [1.82, 2.24) is 0 Å². The smallest absolute Gasteiger partial charge is 0.258 e. The Labute approximate surface area is 283 Å². The molecule has 0 bridgehead atoms. The van der Waals surface area contributed by atoms with E-state index in [1.807, 2.05) is 0 Å². The third-order valence-electron chi connectivity index (χ3n) is 9.84. The Morgan fingerprint density at radius 1 is 0.812 bits per heavy atom. The van der Waals surface area contributed by atoms with Gasteiger partial charge in [0.25, 0.3) is 11.8 Å². The summed E-state index contributed by atoms with van der Waals surface area (Å²) in [5.74, 6) is -21.7. The first-order valence-electron chi connectivity index (χ1n) is 14.5. The normalized spacial score (nSPS) is 29.6. The van der Waals surface area contributed by atoms with Crippen molar-refractivity contribution in [3.63, 3.8) is 0 Å². The molecule has 3 aromatic rings. The Morgan fingerprint density at radius 3 is 2.08 bits per heavy atom. The summed E-state index contributed by atoms with van der Waals surface area (Å²) in [7, 11) is 0. The molecule has 15 heteroatoms. The van der Waals surface area contributed by atoms with Gasteiger partial charge in [0.15, 0.2) is 33.0 Å². The number of carbonyl (C=O) groups is 4. The zero-order chi connectivity index (χ0) is 34.8. The van der Waals surface area contributed by atoms with Crippen LogP contribution in [0.3, 0.4) is 0 Å². The van der Waals surface area contributed by atoms with Crippen molar-refractivity contribution in [1.29, 1.82) is 0 Å².